The van der Waals surface area contributed by atoms with Gasteiger partial charge in [0.05, 0.1) is 23.6 Å². The lowest BCUT2D eigenvalue weighted by molar-refractivity contribution is -0.123. The number of aromatic amines is 1. The van der Waals surface area contributed by atoms with Crippen molar-refractivity contribution in [1.29, 1.82) is 0 Å². The Labute approximate surface area is 291 Å². The third kappa shape index (κ3) is 10.8. The minimum absolute atomic E-state index is 0.250. The van der Waals surface area contributed by atoms with E-state index in [1.54, 1.807) is 24.3 Å². The summed E-state index contributed by atoms with van der Waals surface area (Å²) in [5.74, 6) is 11.8. The number of carbonyl (C=O) groups excluding carboxylic acids is 1. The van der Waals surface area contributed by atoms with Gasteiger partial charge < -0.3 is 31.9 Å². The Hall–Kier alpha value is -5.33. The topological polar surface area (TPSA) is 187 Å². The van der Waals surface area contributed by atoms with Crippen LogP contribution in [0.4, 0.5) is 17.1 Å². The molecule has 4 aromatic rings. The number of hydrazone groups is 1. The monoisotopic (exact) mass is 685 g/mol. The number of hydrogen-bond donors (Lipinski definition) is 7. The van der Waals surface area contributed by atoms with E-state index >= 15 is 0 Å². The van der Waals surface area contributed by atoms with Gasteiger partial charge in [-0.15, -0.1) is 0 Å². The number of fused-ring (bicyclic) bond motifs is 4. The highest BCUT2D eigenvalue weighted by molar-refractivity contribution is 6.30. The molecule has 0 saturated heterocycles. The number of hydrazine groups is 1. The number of nitrogens with one attached hydrogen (secondary N) is 4. The minimum Gasteiger partial charge on any atom is -0.483 e. The highest BCUT2D eigenvalue weighted by Gasteiger charge is 2.21. The molecule has 1 amide bonds. The Morgan fingerprint density at radius 1 is 1.14 bits per heavy atom. The van der Waals surface area contributed by atoms with Crippen molar-refractivity contribution in [1.82, 2.24) is 15.3 Å². The number of aromatic nitrogens is 2. The van der Waals surface area contributed by atoms with Crippen molar-refractivity contribution in [2.75, 3.05) is 22.7 Å². The Morgan fingerprint density at radius 3 is 2.67 bits per heavy atom. The van der Waals surface area contributed by atoms with Crippen LogP contribution < -0.4 is 32.6 Å². The second kappa shape index (κ2) is 18.9. The summed E-state index contributed by atoms with van der Waals surface area (Å²) in [6, 6.07) is 22.2. The van der Waals surface area contributed by atoms with Crippen molar-refractivity contribution in [2.24, 2.45) is 16.8 Å². The summed E-state index contributed by atoms with van der Waals surface area (Å²) in [5.41, 5.74) is 6.63. The van der Waals surface area contributed by atoms with Gasteiger partial charge in [0.1, 0.15) is 12.2 Å². The van der Waals surface area contributed by atoms with E-state index in [2.05, 4.69) is 74.6 Å². The van der Waals surface area contributed by atoms with Gasteiger partial charge in [-0.05, 0) is 80.1 Å². The first-order chi connectivity index (χ1) is 23.8. The van der Waals surface area contributed by atoms with Crippen molar-refractivity contribution in [3.63, 3.8) is 0 Å². The fourth-order valence-electron chi connectivity index (χ4n) is 5.84. The molecule has 13 heteroatoms. The lowest BCUT2D eigenvalue weighted by atomic mass is 9.97. The molecule has 0 fully saturated rings. The number of nitrogens with zero attached hydrogens (tertiary/aromatic N) is 3. The number of benzene rings is 3. The summed E-state index contributed by atoms with van der Waals surface area (Å²) in [6.45, 7) is -0.250. The largest absolute Gasteiger partial charge is 0.483 e. The van der Waals surface area contributed by atoms with E-state index in [0.29, 0.717) is 22.3 Å². The maximum Gasteiger partial charge on any atom is 0.290 e. The molecule has 0 radical (unpaired) electrons. The van der Waals surface area contributed by atoms with Gasteiger partial charge in [-0.2, -0.15) is 5.10 Å². The third-order valence-corrected chi connectivity index (χ3v) is 8.46. The van der Waals surface area contributed by atoms with Gasteiger partial charge in [-0.25, -0.2) is 10.8 Å². The highest BCUT2D eigenvalue weighted by atomic mass is 35.5. The van der Waals surface area contributed by atoms with Gasteiger partial charge in [0.25, 0.3) is 6.47 Å². The molecule has 1 aliphatic rings. The molecule has 0 spiro atoms. The molecule has 3 aromatic carbocycles. The van der Waals surface area contributed by atoms with Crippen molar-refractivity contribution >= 4 is 53.5 Å². The normalized spacial score (nSPS) is 15.9. The fourth-order valence-corrected chi connectivity index (χ4v) is 6.02. The molecule has 1 aliphatic heterocycles. The lowest BCUT2D eigenvalue weighted by Gasteiger charge is -2.24. The fraction of sp³-hybridized carbons (Fsp3) is 0.278. The summed E-state index contributed by atoms with van der Waals surface area (Å²) in [7, 11) is 1.93. The number of imidazole rings is 1. The quantitative estimate of drug-likeness (QED) is 0.0251. The van der Waals surface area contributed by atoms with Crippen LogP contribution in [0, 0.1) is 0 Å². The molecule has 258 valence electrons. The van der Waals surface area contributed by atoms with E-state index in [4.69, 9.17) is 38.2 Å². The van der Waals surface area contributed by atoms with E-state index in [-0.39, 0.29) is 18.4 Å². The first-order valence-corrected chi connectivity index (χ1v) is 16.5. The summed E-state index contributed by atoms with van der Waals surface area (Å²) in [6.07, 6.45) is 13.2. The summed E-state index contributed by atoms with van der Waals surface area (Å²) < 4.78 is 0. The average Bonchev–Trinajstić information content (AvgIpc) is 3.59. The molecule has 9 N–H and O–H groups in total. The molecular weight excluding hydrogens is 642 g/mol. The Kier molecular flexibility index (Phi) is 14.1. The van der Waals surface area contributed by atoms with Crippen molar-refractivity contribution in [3.8, 4) is 11.3 Å². The van der Waals surface area contributed by atoms with E-state index in [0.717, 1.165) is 73.4 Å². The zero-order chi connectivity index (χ0) is 35.0. The maximum absolute atomic E-state index is 13.2. The van der Waals surface area contributed by atoms with Crippen LogP contribution in [0.25, 0.3) is 17.3 Å². The van der Waals surface area contributed by atoms with Crippen LogP contribution in [-0.4, -0.2) is 46.9 Å². The number of halogens is 1. The summed E-state index contributed by atoms with van der Waals surface area (Å²) in [4.78, 5) is 29.8. The Balaban J connectivity index is 0.00000174. The predicted molar refractivity (Wildman–Crippen MR) is 198 cm³/mol. The summed E-state index contributed by atoms with van der Waals surface area (Å²) >= 11 is 6.23. The van der Waals surface area contributed by atoms with Crippen LogP contribution >= 0.6 is 11.6 Å². The van der Waals surface area contributed by atoms with Crippen molar-refractivity contribution in [3.05, 3.63) is 101 Å². The molecular formula is C36H44ClN9O3. The molecule has 12 nitrogen and oxygen atoms in total. The molecule has 1 unspecified atom stereocenters. The van der Waals surface area contributed by atoms with E-state index in [1.165, 1.54) is 23.0 Å². The standard InChI is InChI=1S/C35H42ClN9O.CH2O2/c1-39-28-16-17-29-31(21-28)42-27(12-7-10-24-8-3-2-4-9-24)11-5-6-13-30(35-40-22-32(29)44-35)43-34(46)19-14-25-20-26(36)15-18-33(25)45(38)23-41-37;2-1-3/h2-4,8-9,14-23,27,30,39,42H,5-7,10-13,37-38H2,1H3,(H,40,44)(H,43,46);1H,(H,2,3)/b19-14+,41-23-;/t27?,30-;/m0./s1. The maximum atomic E-state index is 13.2. The number of carboxylic acid groups (broad SMARTS) is 1. The van der Waals surface area contributed by atoms with Crippen LogP contribution in [-0.2, 0) is 16.0 Å². The van der Waals surface area contributed by atoms with Gasteiger partial charge >= 0.3 is 0 Å². The van der Waals surface area contributed by atoms with Gasteiger partial charge in [-0.1, -0.05) is 54.8 Å². The molecule has 1 aromatic heterocycles. The zero-order valence-electron chi connectivity index (χ0n) is 27.5. The SMILES string of the molecule is CNc1ccc2c(c1)NC(CCCc1ccccc1)CCCC[C@H](NC(=O)/C=C/c1cc(Cl)ccc1N(N)/C=N\N)c1ncc-2[nH]1.O=CO. The molecule has 2 heterocycles. The smallest absolute Gasteiger partial charge is 0.290 e. The van der Waals surface area contributed by atoms with E-state index in [9.17, 15) is 4.79 Å². The number of carbonyl (C=O) groups is 2. The van der Waals surface area contributed by atoms with Crippen LogP contribution in [0.2, 0.25) is 5.02 Å². The predicted octanol–water partition coefficient (Wildman–Crippen LogP) is 6.30. The van der Waals surface area contributed by atoms with Gasteiger partial charge in [0.15, 0.2) is 0 Å². The number of anilines is 3. The Morgan fingerprint density at radius 2 is 1.92 bits per heavy atom. The second-order valence-corrected chi connectivity index (χ2v) is 12.0. The van der Waals surface area contributed by atoms with Crippen molar-refractivity contribution in [2.45, 2.75) is 57.0 Å². The number of amides is 1. The second-order valence-electron chi connectivity index (χ2n) is 11.6. The van der Waals surface area contributed by atoms with Crippen LogP contribution in [0.5, 0.6) is 0 Å². The average molecular weight is 686 g/mol. The van der Waals surface area contributed by atoms with Gasteiger partial charge in [-0.3, -0.25) is 14.6 Å². The van der Waals surface area contributed by atoms with Crippen LogP contribution in [0.1, 0.15) is 61.5 Å². The van der Waals surface area contributed by atoms with Crippen LogP contribution in [0.3, 0.4) is 0 Å². The summed E-state index contributed by atoms with van der Waals surface area (Å²) in [5, 5.41) is 22.4. The van der Waals surface area contributed by atoms with Crippen molar-refractivity contribution < 1.29 is 14.7 Å². The number of rotatable bonds is 10. The molecule has 0 aliphatic carbocycles. The zero-order valence-corrected chi connectivity index (χ0v) is 28.2. The van der Waals surface area contributed by atoms with Crippen LogP contribution in [0.15, 0.2) is 84.1 Å². The minimum atomic E-state index is -0.288. The molecule has 2 atom stereocenters. The third-order valence-electron chi connectivity index (χ3n) is 8.23. The van der Waals surface area contributed by atoms with E-state index < -0.39 is 0 Å². The molecule has 5 rings (SSSR count). The number of H-pyrrole nitrogens is 1. The lowest BCUT2D eigenvalue weighted by Crippen LogP contribution is -2.30. The first kappa shape index (κ1) is 36.5. The molecule has 0 saturated carbocycles. The molecule has 49 heavy (non-hydrogen) atoms. The number of aryl methyl sites for hydroxylation is 1. The highest BCUT2D eigenvalue weighted by Crippen LogP contribution is 2.33. The molecule has 2 bridgehead atoms. The number of nitrogens with two attached hydrogens (primary N) is 2. The van der Waals surface area contributed by atoms with Gasteiger partial charge in [0.2, 0.25) is 5.91 Å². The van der Waals surface area contributed by atoms with Gasteiger partial charge in [0, 0.05) is 46.7 Å². The first-order valence-electron chi connectivity index (χ1n) is 16.2. The number of hydrogen-bond acceptors (Lipinski definition) is 8. The van der Waals surface area contributed by atoms with E-state index in [1.807, 2.05) is 13.2 Å². The Bertz CT molecular complexity index is 1710.